The molecule has 1 saturated heterocycles. The van der Waals surface area contributed by atoms with E-state index in [0.717, 1.165) is 11.1 Å². The fourth-order valence-corrected chi connectivity index (χ4v) is 6.00. The largest absolute Gasteiger partial charge is 0.445 e. The fourth-order valence-electron chi connectivity index (χ4n) is 6.00. The number of ether oxygens (including phenoxy) is 6. The van der Waals surface area contributed by atoms with Crippen LogP contribution in [0.1, 0.15) is 34.3 Å². The number of hydrogen-bond acceptors (Lipinski definition) is 10. The van der Waals surface area contributed by atoms with Crippen LogP contribution < -0.4 is 10.6 Å². The van der Waals surface area contributed by atoms with Gasteiger partial charge in [0.1, 0.15) is 25.3 Å². The minimum Gasteiger partial charge on any atom is -0.445 e. The third-order valence-corrected chi connectivity index (χ3v) is 9.10. The maximum Gasteiger partial charge on any atom is 0.408 e. The van der Waals surface area contributed by atoms with Gasteiger partial charge in [0.05, 0.1) is 52.9 Å². The average Bonchev–Trinajstić information content (AvgIpc) is 3.26. The van der Waals surface area contributed by atoms with Crippen molar-refractivity contribution in [2.24, 2.45) is 0 Å². The van der Waals surface area contributed by atoms with E-state index in [-0.39, 0.29) is 104 Å². The van der Waals surface area contributed by atoms with Crippen molar-refractivity contribution in [3.8, 4) is 0 Å². The zero-order valence-corrected chi connectivity index (χ0v) is 32.6. The van der Waals surface area contributed by atoms with Crippen molar-refractivity contribution in [1.82, 2.24) is 20.4 Å². The lowest BCUT2D eigenvalue weighted by atomic mass is 10.1. The Labute approximate surface area is 339 Å². The lowest BCUT2D eigenvalue weighted by Crippen LogP contribution is -2.46. The van der Waals surface area contributed by atoms with Crippen molar-refractivity contribution in [2.45, 2.75) is 25.3 Å². The number of benzene rings is 4. The Morgan fingerprint density at radius 2 is 0.741 bits per heavy atom. The number of nitrogens with zero attached hydrogens (tertiary/aromatic N) is 2. The highest BCUT2D eigenvalue weighted by Crippen LogP contribution is 2.19. The van der Waals surface area contributed by atoms with E-state index in [0.29, 0.717) is 11.1 Å². The van der Waals surface area contributed by atoms with Gasteiger partial charge in [-0.2, -0.15) is 0 Å². The van der Waals surface area contributed by atoms with Crippen LogP contribution in [0.25, 0.3) is 0 Å². The fraction of sp³-hybridized carbons (Fsp3) is 0.364. The molecule has 0 saturated carbocycles. The summed E-state index contributed by atoms with van der Waals surface area (Å²) < 4.78 is 34.3. The maximum absolute atomic E-state index is 14.0. The van der Waals surface area contributed by atoms with E-state index in [1.807, 2.05) is 72.8 Å². The van der Waals surface area contributed by atoms with Crippen molar-refractivity contribution < 1.29 is 47.6 Å². The molecular formula is C44H52N4O10. The van der Waals surface area contributed by atoms with Crippen LogP contribution in [0.15, 0.2) is 121 Å². The zero-order valence-electron chi connectivity index (χ0n) is 32.6. The summed E-state index contributed by atoms with van der Waals surface area (Å²) in [4.78, 5) is 57.1. The minimum atomic E-state index is -1.00. The maximum atomic E-state index is 14.0. The molecule has 14 nitrogen and oxygen atoms in total. The summed E-state index contributed by atoms with van der Waals surface area (Å²) in [5.41, 5.74) is 2.86. The van der Waals surface area contributed by atoms with Crippen molar-refractivity contribution in [1.29, 1.82) is 0 Å². The highest BCUT2D eigenvalue weighted by Gasteiger charge is 2.30. The van der Waals surface area contributed by atoms with Crippen LogP contribution in [0.3, 0.4) is 0 Å². The molecule has 0 spiro atoms. The Kier molecular flexibility index (Phi) is 18.5. The summed E-state index contributed by atoms with van der Waals surface area (Å²) in [6.07, 6.45) is -1.44. The summed E-state index contributed by atoms with van der Waals surface area (Å²) in [7, 11) is 0. The van der Waals surface area contributed by atoms with E-state index in [2.05, 4.69) is 10.6 Å². The third kappa shape index (κ3) is 14.9. The van der Waals surface area contributed by atoms with Gasteiger partial charge in [-0.25, -0.2) is 9.59 Å². The predicted molar refractivity (Wildman–Crippen MR) is 214 cm³/mol. The summed E-state index contributed by atoms with van der Waals surface area (Å²) in [6.45, 7) is 2.80. The quantitative estimate of drug-likeness (QED) is 0.223. The van der Waals surface area contributed by atoms with Crippen molar-refractivity contribution in [2.75, 3.05) is 79.0 Å². The molecule has 1 aliphatic rings. The van der Waals surface area contributed by atoms with Crippen molar-refractivity contribution in [3.05, 3.63) is 144 Å². The summed E-state index contributed by atoms with van der Waals surface area (Å²) >= 11 is 0. The molecule has 14 heteroatoms. The molecular weight excluding hydrogens is 745 g/mol. The van der Waals surface area contributed by atoms with Crippen LogP contribution in [-0.4, -0.2) is 113 Å². The highest BCUT2D eigenvalue weighted by atomic mass is 16.6. The smallest absolute Gasteiger partial charge is 0.408 e. The van der Waals surface area contributed by atoms with E-state index in [1.54, 1.807) is 58.3 Å². The molecule has 2 N–H and O–H groups in total. The highest BCUT2D eigenvalue weighted by molar-refractivity contribution is 5.87. The molecule has 0 bridgehead atoms. The molecule has 1 aliphatic heterocycles. The van der Waals surface area contributed by atoms with E-state index < -0.39 is 24.3 Å². The lowest BCUT2D eigenvalue weighted by molar-refractivity contribution is -0.136. The van der Waals surface area contributed by atoms with Crippen LogP contribution in [-0.2, 0) is 51.2 Å². The number of hydrogen-bond donors (Lipinski definition) is 2. The monoisotopic (exact) mass is 796 g/mol. The average molecular weight is 797 g/mol. The lowest BCUT2D eigenvalue weighted by Gasteiger charge is -2.29. The number of alkyl carbamates (subject to hydrolysis) is 2. The second kappa shape index (κ2) is 24.8. The molecule has 308 valence electrons. The molecule has 1 heterocycles. The van der Waals surface area contributed by atoms with Crippen LogP contribution in [0.2, 0.25) is 0 Å². The number of carbonyl (C=O) groups excluding carboxylic acids is 4. The van der Waals surface area contributed by atoms with Gasteiger partial charge in [-0.3, -0.25) is 9.59 Å². The van der Waals surface area contributed by atoms with E-state index in [1.165, 1.54) is 0 Å². The van der Waals surface area contributed by atoms with Crippen molar-refractivity contribution in [3.63, 3.8) is 0 Å². The Balaban J connectivity index is 1.16. The number of rotatable bonds is 10. The van der Waals surface area contributed by atoms with Crippen LogP contribution in [0.5, 0.6) is 0 Å². The Hall–Kier alpha value is -5.80. The first kappa shape index (κ1) is 43.3. The SMILES string of the molecule is O=C(N[C@H](C(=O)N1CCOCCOCCN(C(=O)[C@H](NC(=O)OCc2ccccc2)c2ccccc2)CCOCCOCC1)c1ccccc1)OCc1ccccc1. The van der Waals surface area contributed by atoms with Crippen LogP contribution >= 0.6 is 0 Å². The first-order valence-electron chi connectivity index (χ1n) is 19.4. The van der Waals surface area contributed by atoms with E-state index in [9.17, 15) is 19.2 Å². The topological polar surface area (TPSA) is 154 Å². The number of carbonyl (C=O) groups is 4. The van der Waals surface area contributed by atoms with Crippen molar-refractivity contribution >= 4 is 24.0 Å². The van der Waals surface area contributed by atoms with Gasteiger partial charge in [0.15, 0.2) is 0 Å². The van der Waals surface area contributed by atoms with Gasteiger partial charge in [-0.15, -0.1) is 0 Å². The molecule has 2 atom stereocenters. The summed E-state index contributed by atoms with van der Waals surface area (Å²) in [6, 6.07) is 34.6. The van der Waals surface area contributed by atoms with Crippen LogP contribution in [0.4, 0.5) is 9.59 Å². The van der Waals surface area contributed by atoms with Gasteiger partial charge in [-0.05, 0) is 22.3 Å². The molecule has 4 amide bonds. The molecule has 58 heavy (non-hydrogen) atoms. The van der Waals surface area contributed by atoms with E-state index >= 15 is 0 Å². The van der Waals surface area contributed by atoms with Crippen LogP contribution in [0, 0.1) is 0 Å². The van der Waals surface area contributed by atoms with Gasteiger partial charge in [0, 0.05) is 26.2 Å². The minimum absolute atomic E-state index is 0.0592. The number of nitrogens with one attached hydrogen (secondary N) is 2. The summed E-state index contributed by atoms with van der Waals surface area (Å²) in [5.74, 6) is -0.677. The standard InChI is InChI=1S/C44H52N4O10/c49-41(39(37-17-9-3-10-18-37)45-43(51)57-33-35-13-5-1-6-14-35)47-21-25-53-29-31-55-27-23-48(24-28-56-32-30-54-26-22-47)42(50)40(38-19-11-4-12-20-38)46-44(52)58-34-36-15-7-2-8-16-36/h1-20,39-40H,21-34H2,(H,45,51)(H,46,52)/t39-,40+. The first-order chi connectivity index (χ1) is 28.5. The van der Waals surface area contributed by atoms with Gasteiger partial charge in [0.25, 0.3) is 0 Å². The van der Waals surface area contributed by atoms with Gasteiger partial charge in [0.2, 0.25) is 11.8 Å². The summed E-state index contributed by atoms with van der Waals surface area (Å²) in [5, 5.41) is 5.51. The molecule has 4 aromatic rings. The molecule has 0 aliphatic carbocycles. The Morgan fingerprint density at radius 1 is 0.448 bits per heavy atom. The molecule has 5 rings (SSSR count). The third-order valence-electron chi connectivity index (χ3n) is 9.10. The Morgan fingerprint density at radius 3 is 1.05 bits per heavy atom. The second-order valence-electron chi connectivity index (χ2n) is 13.2. The molecule has 1 fully saturated rings. The first-order valence-corrected chi connectivity index (χ1v) is 19.4. The molecule has 0 radical (unpaired) electrons. The molecule has 0 unspecified atom stereocenters. The predicted octanol–water partition coefficient (Wildman–Crippen LogP) is 5.06. The van der Waals surface area contributed by atoms with Gasteiger partial charge in [-0.1, -0.05) is 121 Å². The Bertz CT molecular complexity index is 1650. The second-order valence-corrected chi connectivity index (χ2v) is 13.2. The van der Waals surface area contributed by atoms with E-state index in [4.69, 9.17) is 28.4 Å². The molecule has 4 aromatic carbocycles. The number of amides is 4. The normalized spacial score (nSPS) is 16.1. The van der Waals surface area contributed by atoms with Gasteiger partial charge < -0.3 is 48.9 Å². The zero-order chi connectivity index (χ0) is 40.6. The molecule has 0 aromatic heterocycles. The van der Waals surface area contributed by atoms with Gasteiger partial charge >= 0.3 is 12.2 Å².